The molecule has 0 unspecified atom stereocenters. The minimum atomic E-state index is 0.453. The lowest BCUT2D eigenvalue weighted by atomic mass is 9.90. The van der Waals surface area contributed by atoms with E-state index in [1.807, 2.05) is 0 Å². The maximum atomic E-state index is 5.03. The molecule has 3 nitrogen and oxygen atoms in total. The maximum Gasteiger partial charge on any atom is 0.186 e. The number of nitrogens with zero attached hydrogens (tertiary/aromatic N) is 3. The number of thiazole rings is 1. The van der Waals surface area contributed by atoms with Crippen LogP contribution in [-0.2, 0) is 13.0 Å². The molecule has 0 amide bonds. The SMILES string of the molecule is Brc1ccc(-c2csc(N3CCn4c5c(c6ccccc64)CCC[C@H]53)n2)cc1. The average molecular weight is 450 g/mol. The molecule has 28 heavy (non-hydrogen) atoms. The molecule has 2 aromatic carbocycles. The molecule has 0 fully saturated rings. The van der Waals surface area contributed by atoms with Crippen molar-refractivity contribution in [3.8, 4) is 11.3 Å². The second kappa shape index (κ2) is 6.46. The maximum absolute atomic E-state index is 5.03. The number of aromatic nitrogens is 2. The van der Waals surface area contributed by atoms with Gasteiger partial charge >= 0.3 is 0 Å². The van der Waals surface area contributed by atoms with Crippen LogP contribution in [0.2, 0.25) is 0 Å². The predicted molar refractivity (Wildman–Crippen MR) is 120 cm³/mol. The van der Waals surface area contributed by atoms with Gasteiger partial charge in [-0.05, 0) is 43.0 Å². The highest BCUT2D eigenvalue weighted by molar-refractivity contribution is 9.10. The number of para-hydroxylation sites is 1. The largest absolute Gasteiger partial charge is 0.341 e. The van der Waals surface area contributed by atoms with Crippen LogP contribution in [0.25, 0.3) is 22.2 Å². The third kappa shape index (κ3) is 2.49. The van der Waals surface area contributed by atoms with Crippen LogP contribution in [0.4, 0.5) is 5.13 Å². The zero-order valence-electron chi connectivity index (χ0n) is 15.4. The topological polar surface area (TPSA) is 21.1 Å². The van der Waals surface area contributed by atoms with Crippen LogP contribution in [0, 0.1) is 0 Å². The van der Waals surface area contributed by atoms with Crippen molar-refractivity contribution in [1.29, 1.82) is 0 Å². The molecule has 2 aliphatic rings. The van der Waals surface area contributed by atoms with E-state index in [4.69, 9.17) is 4.98 Å². The number of benzene rings is 2. The van der Waals surface area contributed by atoms with Crippen molar-refractivity contribution in [3.63, 3.8) is 0 Å². The van der Waals surface area contributed by atoms with Crippen LogP contribution in [0.15, 0.2) is 58.4 Å². The number of aryl methyl sites for hydroxylation is 1. The average Bonchev–Trinajstić information content (AvgIpc) is 3.34. The second-order valence-corrected chi connectivity index (χ2v) is 9.41. The zero-order valence-corrected chi connectivity index (χ0v) is 17.8. The molecule has 0 saturated carbocycles. The van der Waals surface area contributed by atoms with Gasteiger partial charge < -0.3 is 9.47 Å². The van der Waals surface area contributed by atoms with E-state index in [9.17, 15) is 0 Å². The van der Waals surface area contributed by atoms with Gasteiger partial charge in [-0.2, -0.15) is 0 Å². The highest BCUT2D eigenvalue weighted by atomic mass is 79.9. The van der Waals surface area contributed by atoms with Gasteiger partial charge in [0, 0.05) is 45.1 Å². The summed E-state index contributed by atoms with van der Waals surface area (Å²) in [5, 5.41) is 4.82. The molecule has 0 spiro atoms. The van der Waals surface area contributed by atoms with Gasteiger partial charge in [0.05, 0.1) is 11.7 Å². The van der Waals surface area contributed by atoms with Gasteiger partial charge in [0.25, 0.3) is 0 Å². The molecule has 140 valence electrons. The van der Waals surface area contributed by atoms with Crippen LogP contribution in [0.3, 0.4) is 0 Å². The molecular formula is C23H20BrN3S. The van der Waals surface area contributed by atoms with Gasteiger partial charge in [0.1, 0.15) is 0 Å². The van der Waals surface area contributed by atoms with Crippen LogP contribution >= 0.6 is 27.3 Å². The lowest BCUT2D eigenvalue weighted by molar-refractivity contribution is 0.437. The minimum Gasteiger partial charge on any atom is -0.341 e. The van der Waals surface area contributed by atoms with Crippen molar-refractivity contribution in [1.82, 2.24) is 9.55 Å². The fraction of sp³-hybridized carbons (Fsp3) is 0.261. The third-order valence-corrected chi connectivity index (χ3v) is 7.56. The van der Waals surface area contributed by atoms with E-state index < -0.39 is 0 Å². The summed E-state index contributed by atoms with van der Waals surface area (Å²) in [5.74, 6) is 0. The second-order valence-electron chi connectivity index (χ2n) is 7.66. The highest BCUT2D eigenvalue weighted by Gasteiger charge is 2.35. The van der Waals surface area contributed by atoms with Crippen molar-refractivity contribution in [2.45, 2.75) is 31.8 Å². The molecule has 3 heterocycles. The molecule has 1 aliphatic heterocycles. The normalized spacial score (nSPS) is 18.5. The first-order valence-corrected chi connectivity index (χ1v) is 11.5. The van der Waals surface area contributed by atoms with Gasteiger partial charge in [0.15, 0.2) is 5.13 Å². The Morgan fingerprint density at radius 2 is 1.89 bits per heavy atom. The molecule has 4 aromatic rings. The van der Waals surface area contributed by atoms with Gasteiger partial charge in [-0.1, -0.05) is 46.3 Å². The number of halogens is 1. The van der Waals surface area contributed by atoms with Gasteiger partial charge in [-0.15, -0.1) is 11.3 Å². The Balaban J connectivity index is 1.41. The lowest BCUT2D eigenvalue weighted by Gasteiger charge is -2.39. The Labute approximate surface area is 176 Å². The molecule has 0 radical (unpaired) electrons. The number of fused-ring (bicyclic) bond motifs is 3. The monoisotopic (exact) mass is 449 g/mol. The lowest BCUT2D eigenvalue weighted by Crippen LogP contribution is -2.39. The van der Waals surface area contributed by atoms with E-state index in [1.54, 1.807) is 22.6 Å². The first-order valence-electron chi connectivity index (χ1n) is 9.88. The third-order valence-electron chi connectivity index (χ3n) is 6.16. The van der Waals surface area contributed by atoms with E-state index >= 15 is 0 Å². The molecule has 1 aliphatic carbocycles. The molecule has 5 heteroatoms. The number of hydrogen-bond acceptors (Lipinski definition) is 3. The first kappa shape index (κ1) is 16.8. The van der Waals surface area contributed by atoms with Crippen molar-refractivity contribution in [3.05, 3.63) is 69.6 Å². The molecule has 0 saturated heterocycles. The summed E-state index contributed by atoms with van der Waals surface area (Å²) >= 11 is 5.30. The van der Waals surface area contributed by atoms with E-state index in [-0.39, 0.29) is 0 Å². The summed E-state index contributed by atoms with van der Waals surface area (Å²) in [4.78, 5) is 7.59. The minimum absolute atomic E-state index is 0.453. The van der Waals surface area contributed by atoms with Crippen LogP contribution < -0.4 is 4.90 Å². The van der Waals surface area contributed by atoms with E-state index in [1.165, 1.54) is 35.7 Å². The van der Waals surface area contributed by atoms with Crippen LogP contribution in [0.5, 0.6) is 0 Å². The molecule has 0 N–H and O–H groups in total. The van der Waals surface area contributed by atoms with Crippen molar-refractivity contribution < 1.29 is 0 Å². The molecule has 6 rings (SSSR count). The van der Waals surface area contributed by atoms with Gasteiger partial charge in [-0.25, -0.2) is 4.98 Å². The van der Waals surface area contributed by atoms with Crippen LogP contribution in [0.1, 0.15) is 30.1 Å². The summed E-state index contributed by atoms with van der Waals surface area (Å²) in [6.45, 7) is 2.07. The van der Waals surface area contributed by atoms with Crippen LogP contribution in [-0.4, -0.2) is 16.1 Å². The Bertz CT molecular complexity index is 1140. The predicted octanol–water partition coefficient (Wildman–Crippen LogP) is 6.42. The standard InChI is InChI=1S/C23H20BrN3S/c24-16-10-8-15(9-11-16)19-14-28-23(25-19)27-13-12-26-20-6-2-1-4-17(20)18-5-3-7-21(27)22(18)26/h1-2,4,6,8-11,14,21H,3,5,7,12-13H2/t21-/m1/s1. The fourth-order valence-corrected chi connectivity index (χ4v) is 6.11. The highest BCUT2D eigenvalue weighted by Crippen LogP contribution is 2.45. The summed E-state index contributed by atoms with van der Waals surface area (Å²) in [7, 11) is 0. The number of hydrogen-bond donors (Lipinski definition) is 0. The van der Waals surface area contributed by atoms with Crippen molar-refractivity contribution in [2.75, 3.05) is 11.4 Å². The molecule has 2 aromatic heterocycles. The number of rotatable bonds is 2. The summed E-state index contributed by atoms with van der Waals surface area (Å²) in [6, 6.07) is 17.8. The Hall–Kier alpha value is -2.11. The Morgan fingerprint density at radius 3 is 2.79 bits per heavy atom. The summed E-state index contributed by atoms with van der Waals surface area (Å²) < 4.78 is 3.68. The quantitative estimate of drug-likeness (QED) is 0.351. The van der Waals surface area contributed by atoms with Crippen molar-refractivity contribution in [2.24, 2.45) is 0 Å². The summed E-state index contributed by atoms with van der Waals surface area (Å²) in [5.41, 5.74) is 6.78. The fourth-order valence-electron chi connectivity index (χ4n) is 4.93. The first-order chi connectivity index (χ1) is 13.8. The van der Waals surface area contributed by atoms with E-state index in [2.05, 4.69) is 79.3 Å². The van der Waals surface area contributed by atoms with Gasteiger partial charge in [0.2, 0.25) is 0 Å². The van der Waals surface area contributed by atoms with E-state index in [0.717, 1.165) is 28.4 Å². The van der Waals surface area contributed by atoms with Crippen molar-refractivity contribution >= 4 is 43.3 Å². The molecular weight excluding hydrogens is 430 g/mol. The molecule has 1 atom stereocenters. The Morgan fingerprint density at radius 1 is 1.04 bits per heavy atom. The smallest absolute Gasteiger partial charge is 0.186 e. The number of anilines is 1. The summed E-state index contributed by atoms with van der Waals surface area (Å²) in [6.07, 6.45) is 3.68. The Kier molecular flexibility index (Phi) is 3.88. The van der Waals surface area contributed by atoms with E-state index in [0.29, 0.717) is 6.04 Å². The van der Waals surface area contributed by atoms with Gasteiger partial charge in [-0.3, -0.25) is 0 Å². The zero-order chi connectivity index (χ0) is 18.7. The molecule has 0 bridgehead atoms.